The van der Waals surface area contributed by atoms with Crippen molar-refractivity contribution in [3.63, 3.8) is 0 Å². The Morgan fingerprint density at radius 1 is 1.32 bits per heavy atom. The van der Waals surface area contributed by atoms with Crippen molar-refractivity contribution in [2.24, 2.45) is 10.9 Å². The number of rotatable bonds is 5. The van der Waals surface area contributed by atoms with Gasteiger partial charge in [-0.2, -0.15) is 0 Å². The molecule has 0 radical (unpaired) electrons. The zero-order chi connectivity index (χ0) is 17.4. The molecule has 1 aromatic rings. The molecule has 1 aliphatic rings. The molecule has 1 fully saturated rings. The summed E-state index contributed by atoms with van der Waals surface area (Å²) in [6.07, 6.45) is 3.67. The van der Waals surface area contributed by atoms with Gasteiger partial charge in [-0.3, -0.25) is 9.79 Å². The van der Waals surface area contributed by atoms with Crippen LogP contribution in [0.1, 0.15) is 24.8 Å². The zero-order valence-electron chi connectivity index (χ0n) is 14.8. The van der Waals surface area contributed by atoms with E-state index in [9.17, 15) is 4.79 Å². The molecule has 1 saturated heterocycles. The van der Waals surface area contributed by atoms with Gasteiger partial charge in [0.1, 0.15) is 0 Å². The van der Waals surface area contributed by atoms with Gasteiger partial charge in [-0.15, -0.1) is 24.0 Å². The Hall–Kier alpha value is -1.02. The predicted molar refractivity (Wildman–Crippen MR) is 113 cm³/mol. The summed E-state index contributed by atoms with van der Waals surface area (Å²) in [4.78, 5) is 18.2. The summed E-state index contributed by atoms with van der Waals surface area (Å²) >= 11 is 5.90. The first-order valence-corrected chi connectivity index (χ1v) is 8.79. The number of likely N-dealkylation sites (tertiary alicyclic amines) is 1. The average Bonchev–Trinajstić information content (AvgIpc) is 2.63. The van der Waals surface area contributed by atoms with Crippen LogP contribution >= 0.6 is 35.6 Å². The van der Waals surface area contributed by atoms with Crippen molar-refractivity contribution in [3.8, 4) is 0 Å². The maximum Gasteiger partial charge on any atom is 0.308 e. The van der Waals surface area contributed by atoms with Crippen LogP contribution in [0.4, 0.5) is 0 Å². The standard InChI is InChI=1S/C18H26ClN3O2.HI/c1-20-18(22-12-9-15(10-13-22)17(23)24-2)21-11-3-4-14-5-7-16(19)8-6-14;/h5-8,15H,3-4,9-13H2,1-2H3,(H,20,21);1H. The van der Waals surface area contributed by atoms with Crippen molar-refractivity contribution in [2.75, 3.05) is 33.8 Å². The molecule has 0 aromatic heterocycles. The van der Waals surface area contributed by atoms with Gasteiger partial charge >= 0.3 is 5.97 Å². The number of ether oxygens (including phenoxy) is 1. The third-order valence-electron chi connectivity index (χ3n) is 4.38. The van der Waals surface area contributed by atoms with Gasteiger partial charge in [0.05, 0.1) is 13.0 Å². The van der Waals surface area contributed by atoms with E-state index < -0.39 is 0 Å². The molecule has 0 atom stereocenters. The third kappa shape index (κ3) is 7.01. The molecule has 25 heavy (non-hydrogen) atoms. The largest absolute Gasteiger partial charge is 0.469 e. The van der Waals surface area contributed by atoms with E-state index in [0.717, 1.165) is 56.3 Å². The van der Waals surface area contributed by atoms with E-state index in [4.69, 9.17) is 16.3 Å². The van der Waals surface area contributed by atoms with E-state index in [1.807, 2.05) is 12.1 Å². The van der Waals surface area contributed by atoms with Crippen molar-refractivity contribution in [1.82, 2.24) is 10.2 Å². The number of aliphatic imine (C=N–C) groups is 1. The number of nitrogens with zero attached hydrogens (tertiary/aromatic N) is 2. The molecular formula is C18H27ClIN3O2. The smallest absolute Gasteiger partial charge is 0.308 e. The molecule has 1 aromatic carbocycles. The molecule has 5 nitrogen and oxygen atoms in total. The Balaban J connectivity index is 0.00000312. The van der Waals surface area contributed by atoms with E-state index in [2.05, 4.69) is 27.3 Å². The van der Waals surface area contributed by atoms with Crippen LogP contribution in [-0.4, -0.2) is 50.6 Å². The minimum atomic E-state index is -0.0967. The molecule has 1 N–H and O–H groups in total. The fourth-order valence-electron chi connectivity index (χ4n) is 2.97. The molecule has 0 unspecified atom stereocenters. The van der Waals surface area contributed by atoms with E-state index in [-0.39, 0.29) is 35.9 Å². The number of methoxy groups -OCH3 is 1. The highest BCUT2D eigenvalue weighted by molar-refractivity contribution is 14.0. The van der Waals surface area contributed by atoms with Gasteiger partial charge in [0, 0.05) is 31.7 Å². The normalized spacial score (nSPS) is 15.5. The lowest BCUT2D eigenvalue weighted by Gasteiger charge is -2.33. The number of hydrogen-bond acceptors (Lipinski definition) is 3. The average molecular weight is 480 g/mol. The third-order valence-corrected chi connectivity index (χ3v) is 4.63. The number of aryl methyl sites for hydroxylation is 1. The Morgan fingerprint density at radius 2 is 1.96 bits per heavy atom. The summed E-state index contributed by atoms with van der Waals surface area (Å²) in [6.45, 7) is 2.53. The van der Waals surface area contributed by atoms with E-state index in [1.54, 1.807) is 7.05 Å². The number of nitrogens with one attached hydrogen (secondary N) is 1. The van der Waals surface area contributed by atoms with Gasteiger partial charge in [-0.1, -0.05) is 23.7 Å². The lowest BCUT2D eigenvalue weighted by molar-refractivity contribution is -0.146. The first-order valence-electron chi connectivity index (χ1n) is 8.42. The highest BCUT2D eigenvalue weighted by Crippen LogP contribution is 2.18. The van der Waals surface area contributed by atoms with Gasteiger partial charge in [-0.05, 0) is 43.4 Å². The van der Waals surface area contributed by atoms with Crippen LogP contribution in [0.15, 0.2) is 29.3 Å². The molecule has 0 amide bonds. The Kier molecular flexibility index (Phi) is 10.2. The molecule has 0 bridgehead atoms. The second-order valence-corrected chi connectivity index (χ2v) is 6.42. The van der Waals surface area contributed by atoms with Crippen LogP contribution < -0.4 is 5.32 Å². The maximum absolute atomic E-state index is 11.6. The molecule has 1 aliphatic heterocycles. The number of carbonyl (C=O) groups is 1. The van der Waals surface area contributed by atoms with Gasteiger partial charge in [-0.25, -0.2) is 0 Å². The number of benzene rings is 1. The number of guanidine groups is 1. The Bertz CT molecular complexity index is 558. The fraction of sp³-hybridized carbons (Fsp3) is 0.556. The monoisotopic (exact) mass is 479 g/mol. The molecular weight excluding hydrogens is 453 g/mol. The summed E-state index contributed by atoms with van der Waals surface area (Å²) in [5.74, 6) is 0.837. The van der Waals surface area contributed by atoms with Gasteiger partial charge in [0.2, 0.25) is 0 Å². The number of piperidine rings is 1. The lowest BCUT2D eigenvalue weighted by atomic mass is 9.97. The van der Waals surface area contributed by atoms with Crippen LogP contribution in [0.3, 0.4) is 0 Å². The zero-order valence-corrected chi connectivity index (χ0v) is 17.9. The quantitative estimate of drug-likeness (QED) is 0.231. The number of esters is 1. The van der Waals surface area contributed by atoms with Crippen molar-refractivity contribution in [2.45, 2.75) is 25.7 Å². The van der Waals surface area contributed by atoms with Crippen LogP contribution in [0, 0.1) is 5.92 Å². The molecule has 7 heteroatoms. The summed E-state index contributed by atoms with van der Waals surface area (Å²) < 4.78 is 4.83. The van der Waals surface area contributed by atoms with E-state index >= 15 is 0 Å². The fourth-order valence-corrected chi connectivity index (χ4v) is 3.10. The minimum absolute atomic E-state index is 0. The van der Waals surface area contributed by atoms with Crippen molar-refractivity contribution < 1.29 is 9.53 Å². The number of halogens is 2. The van der Waals surface area contributed by atoms with Crippen molar-refractivity contribution in [1.29, 1.82) is 0 Å². The van der Waals surface area contributed by atoms with Crippen LogP contribution in [0.5, 0.6) is 0 Å². The predicted octanol–water partition coefficient (Wildman–Crippen LogP) is 3.35. The second-order valence-electron chi connectivity index (χ2n) is 5.99. The molecule has 0 spiro atoms. The molecule has 1 heterocycles. The number of hydrogen-bond donors (Lipinski definition) is 1. The number of carbonyl (C=O) groups excluding carboxylic acids is 1. The van der Waals surface area contributed by atoms with Crippen molar-refractivity contribution >= 4 is 47.5 Å². The van der Waals surface area contributed by atoms with Gasteiger partial charge in [0.25, 0.3) is 0 Å². The highest BCUT2D eigenvalue weighted by atomic mass is 127. The van der Waals surface area contributed by atoms with Crippen LogP contribution in [0.2, 0.25) is 5.02 Å². The summed E-state index contributed by atoms with van der Waals surface area (Å²) in [6, 6.07) is 7.98. The second kappa shape index (κ2) is 11.6. The molecule has 2 rings (SSSR count). The highest BCUT2D eigenvalue weighted by Gasteiger charge is 2.26. The van der Waals surface area contributed by atoms with Gasteiger partial charge in [0.15, 0.2) is 5.96 Å². The maximum atomic E-state index is 11.6. The van der Waals surface area contributed by atoms with Gasteiger partial charge < -0.3 is 15.0 Å². The minimum Gasteiger partial charge on any atom is -0.469 e. The Labute approximate surface area is 172 Å². The van der Waals surface area contributed by atoms with E-state index in [0.29, 0.717) is 0 Å². The SMILES string of the molecule is CN=C(NCCCc1ccc(Cl)cc1)N1CCC(C(=O)OC)CC1.I. The molecule has 0 saturated carbocycles. The summed E-state index contributed by atoms with van der Waals surface area (Å²) in [5, 5.41) is 4.18. The van der Waals surface area contributed by atoms with Crippen LogP contribution in [0.25, 0.3) is 0 Å². The summed E-state index contributed by atoms with van der Waals surface area (Å²) in [5.41, 5.74) is 1.29. The molecule has 0 aliphatic carbocycles. The topological polar surface area (TPSA) is 53.9 Å². The van der Waals surface area contributed by atoms with Crippen LogP contribution in [-0.2, 0) is 16.0 Å². The lowest BCUT2D eigenvalue weighted by Crippen LogP contribution is -2.46. The summed E-state index contributed by atoms with van der Waals surface area (Å²) in [7, 11) is 3.25. The first-order chi connectivity index (χ1) is 11.6. The van der Waals surface area contributed by atoms with Crippen molar-refractivity contribution in [3.05, 3.63) is 34.9 Å². The molecule has 140 valence electrons. The van der Waals surface area contributed by atoms with E-state index in [1.165, 1.54) is 12.7 Å². The Morgan fingerprint density at radius 3 is 2.52 bits per heavy atom. The first kappa shape index (κ1) is 22.0.